The largest absolute Gasteiger partial charge is 0.342 e. The van der Waals surface area contributed by atoms with Gasteiger partial charge in [-0.05, 0) is 50.8 Å². The van der Waals surface area contributed by atoms with E-state index in [1.807, 2.05) is 6.07 Å². The maximum absolute atomic E-state index is 13.5. The molecule has 1 atom stereocenters. The van der Waals surface area contributed by atoms with Gasteiger partial charge in [-0.15, -0.1) is 5.10 Å². The van der Waals surface area contributed by atoms with Crippen LogP contribution in [0.4, 0.5) is 8.78 Å². The van der Waals surface area contributed by atoms with Crippen molar-refractivity contribution >= 4 is 27.1 Å². The molecule has 2 aliphatic carbocycles. The minimum Gasteiger partial charge on any atom is -0.342 e. The lowest BCUT2D eigenvalue weighted by Gasteiger charge is -2.15. The van der Waals surface area contributed by atoms with Gasteiger partial charge in [0.1, 0.15) is 10.9 Å². The SMILES string of the molecule is C[C@H](NC(=O)c1cc(C(F)F)cc(S(=O)(=O)C2CC2)c1)c1nc(C2CC2)nn1-c1ncc(C#N)s1. The number of hydrogen-bond acceptors (Lipinski definition) is 8. The highest BCUT2D eigenvalue weighted by atomic mass is 32.2. The lowest BCUT2D eigenvalue weighted by Crippen LogP contribution is -2.29. The zero-order valence-electron chi connectivity index (χ0n) is 18.5. The van der Waals surface area contributed by atoms with Crippen molar-refractivity contribution < 1.29 is 22.0 Å². The van der Waals surface area contributed by atoms with Crippen LogP contribution in [0.25, 0.3) is 5.13 Å². The van der Waals surface area contributed by atoms with Crippen LogP contribution in [0.15, 0.2) is 29.3 Å². The van der Waals surface area contributed by atoms with Crippen LogP contribution >= 0.6 is 11.3 Å². The molecule has 0 bridgehead atoms. The van der Waals surface area contributed by atoms with E-state index < -0.39 is 39.0 Å². The number of hydrogen-bond donors (Lipinski definition) is 1. The average molecular weight is 519 g/mol. The molecule has 2 heterocycles. The van der Waals surface area contributed by atoms with Crippen molar-refractivity contribution in [1.82, 2.24) is 25.1 Å². The van der Waals surface area contributed by atoms with E-state index in [1.165, 1.54) is 10.9 Å². The third kappa shape index (κ3) is 4.68. The highest BCUT2D eigenvalue weighted by molar-refractivity contribution is 7.92. The smallest absolute Gasteiger partial charge is 0.263 e. The maximum atomic E-state index is 13.5. The first-order chi connectivity index (χ1) is 16.7. The molecule has 9 nitrogen and oxygen atoms in total. The zero-order valence-corrected chi connectivity index (χ0v) is 20.1. The number of nitrogens with one attached hydrogen (secondary N) is 1. The Morgan fingerprint density at radius 2 is 2.00 bits per heavy atom. The minimum atomic E-state index is -3.77. The van der Waals surface area contributed by atoms with Gasteiger partial charge in [-0.25, -0.2) is 27.2 Å². The molecule has 2 aliphatic rings. The van der Waals surface area contributed by atoms with Gasteiger partial charge in [0.05, 0.1) is 22.4 Å². The first-order valence-electron chi connectivity index (χ1n) is 11.0. The maximum Gasteiger partial charge on any atom is 0.263 e. The Kier molecular flexibility index (Phi) is 5.88. The number of carbonyl (C=O) groups excluding carboxylic acids is 1. The number of halogens is 2. The van der Waals surface area contributed by atoms with Gasteiger partial charge < -0.3 is 5.32 Å². The summed E-state index contributed by atoms with van der Waals surface area (Å²) in [5.74, 6) is 0.472. The van der Waals surface area contributed by atoms with E-state index in [2.05, 4.69) is 20.4 Å². The summed E-state index contributed by atoms with van der Waals surface area (Å²) in [6, 6.07) is 4.38. The number of amides is 1. The summed E-state index contributed by atoms with van der Waals surface area (Å²) in [6.45, 7) is 1.66. The van der Waals surface area contributed by atoms with Crippen molar-refractivity contribution in [3.63, 3.8) is 0 Å². The van der Waals surface area contributed by atoms with E-state index in [1.54, 1.807) is 6.92 Å². The van der Waals surface area contributed by atoms with Crippen LogP contribution in [0.5, 0.6) is 0 Å². The Labute approximate surface area is 203 Å². The number of thiazole rings is 1. The highest BCUT2D eigenvalue weighted by Gasteiger charge is 2.38. The summed E-state index contributed by atoms with van der Waals surface area (Å²) < 4.78 is 53.8. The Morgan fingerprint density at radius 1 is 1.26 bits per heavy atom. The molecule has 2 fully saturated rings. The Bertz CT molecular complexity index is 1450. The Balaban J connectivity index is 1.46. The third-order valence-electron chi connectivity index (χ3n) is 5.85. The molecule has 2 aromatic heterocycles. The predicted molar refractivity (Wildman–Crippen MR) is 121 cm³/mol. The van der Waals surface area contributed by atoms with Crippen LogP contribution in [0.2, 0.25) is 0 Å². The van der Waals surface area contributed by atoms with Crippen molar-refractivity contribution in [3.05, 3.63) is 52.0 Å². The molecule has 2 saturated carbocycles. The second-order valence-corrected chi connectivity index (χ2v) is 11.9. The lowest BCUT2D eigenvalue weighted by molar-refractivity contribution is 0.0937. The fourth-order valence-corrected chi connectivity index (χ4v) is 6.06. The molecule has 0 aliphatic heterocycles. The van der Waals surface area contributed by atoms with Crippen molar-refractivity contribution in [2.24, 2.45) is 0 Å². The molecule has 0 saturated heterocycles. The fraction of sp³-hybridized carbons (Fsp3) is 0.409. The summed E-state index contributed by atoms with van der Waals surface area (Å²) in [6.07, 6.45) is 1.33. The monoisotopic (exact) mass is 518 g/mol. The molecular weight excluding hydrogens is 498 g/mol. The molecule has 13 heteroatoms. The first-order valence-corrected chi connectivity index (χ1v) is 13.3. The molecule has 5 rings (SSSR count). The molecule has 1 N–H and O–H groups in total. The Hall–Kier alpha value is -3.24. The number of benzene rings is 1. The first kappa shape index (κ1) is 23.5. The van der Waals surface area contributed by atoms with Gasteiger partial charge in [0, 0.05) is 17.0 Å². The molecule has 3 aromatic rings. The molecule has 35 heavy (non-hydrogen) atoms. The van der Waals surface area contributed by atoms with Crippen LogP contribution in [0.1, 0.15) is 83.4 Å². The molecule has 0 radical (unpaired) electrons. The van der Waals surface area contributed by atoms with E-state index in [-0.39, 0.29) is 16.4 Å². The van der Waals surface area contributed by atoms with E-state index in [0.29, 0.717) is 34.5 Å². The molecule has 1 amide bonds. The summed E-state index contributed by atoms with van der Waals surface area (Å²) >= 11 is 1.12. The topological polar surface area (TPSA) is 131 Å². The number of carbonyl (C=O) groups is 1. The van der Waals surface area contributed by atoms with Gasteiger partial charge in [-0.3, -0.25) is 4.79 Å². The second kappa shape index (κ2) is 8.76. The van der Waals surface area contributed by atoms with Crippen molar-refractivity contribution in [1.29, 1.82) is 5.26 Å². The quantitative estimate of drug-likeness (QED) is 0.479. The molecular formula is C22H20F2N6O3S2. The van der Waals surface area contributed by atoms with Crippen LogP contribution in [-0.2, 0) is 9.84 Å². The minimum absolute atomic E-state index is 0.177. The third-order valence-corrected chi connectivity index (χ3v) is 8.96. The molecule has 0 spiro atoms. The van der Waals surface area contributed by atoms with Gasteiger partial charge in [-0.2, -0.15) is 9.94 Å². The molecule has 0 unspecified atom stereocenters. The van der Waals surface area contributed by atoms with Crippen molar-refractivity contribution in [3.8, 4) is 11.2 Å². The number of alkyl halides is 2. The predicted octanol–water partition coefficient (Wildman–Crippen LogP) is 3.84. The van der Waals surface area contributed by atoms with E-state index in [9.17, 15) is 22.0 Å². The van der Waals surface area contributed by atoms with Crippen molar-refractivity contribution in [2.75, 3.05) is 0 Å². The van der Waals surface area contributed by atoms with Gasteiger partial charge in [0.25, 0.3) is 12.3 Å². The molecule has 1 aromatic carbocycles. The standard InChI is InChI=1S/C22H20F2N6O3S2/c1-11(20-28-19(12-2-3-12)29-30(20)22-26-10-15(9-25)34-22)27-21(31)14-6-13(18(23)24)7-17(8-14)35(32,33)16-4-5-16/h6-8,10-12,16,18H,2-5H2,1H3,(H,27,31)/t11-/m0/s1. The summed E-state index contributed by atoms with van der Waals surface area (Å²) in [7, 11) is -3.77. The Morgan fingerprint density at radius 3 is 2.60 bits per heavy atom. The van der Waals surface area contributed by atoms with Crippen molar-refractivity contribution in [2.45, 2.75) is 61.1 Å². The number of nitriles is 1. The summed E-state index contributed by atoms with van der Waals surface area (Å²) in [4.78, 5) is 22.0. The van der Waals surface area contributed by atoms with Crippen LogP contribution < -0.4 is 5.32 Å². The number of aromatic nitrogens is 4. The summed E-state index contributed by atoms with van der Waals surface area (Å²) in [5.41, 5.74) is -0.709. The number of nitrogens with zero attached hydrogens (tertiary/aromatic N) is 5. The van der Waals surface area contributed by atoms with E-state index >= 15 is 0 Å². The van der Waals surface area contributed by atoms with Gasteiger partial charge in [0.2, 0.25) is 5.13 Å². The molecule has 182 valence electrons. The van der Waals surface area contributed by atoms with Gasteiger partial charge >= 0.3 is 0 Å². The average Bonchev–Trinajstić information content (AvgIpc) is 3.77. The van der Waals surface area contributed by atoms with E-state index in [4.69, 9.17) is 5.26 Å². The zero-order chi connectivity index (χ0) is 24.9. The normalized spacial score (nSPS) is 16.8. The summed E-state index contributed by atoms with van der Waals surface area (Å²) in [5, 5.41) is 16.2. The van der Waals surface area contributed by atoms with E-state index in [0.717, 1.165) is 42.4 Å². The van der Waals surface area contributed by atoms with Gasteiger partial charge in [0.15, 0.2) is 21.5 Å². The highest BCUT2D eigenvalue weighted by Crippen LogP contribution is 2.39. The lowest BCUT2D eigenvalue weighted by atomic mass is 10.1. The fourth-order valence-electron chi connectivity index (χ4n) is 3.65. The second-order valence-electron chi connectivity index (χ2n) is 8.66. The van der Waals surface area contributed by atoms with Crippen LogP contribution in [-0.4, -0.2) is 39.3 Å². The number of sulfone groups is 1. The van der Waals surface area contributed by atoms with Crippen LogP contribution in [0.3, 0.4) is 0 Å². The van der Waals surface area contributed by atoms with Crippen LogP contribution in [0, 0.1) is 11.3 Å². The number of rotatable bonds is 8. The van der Waals surface area contributed by atoms with Gasteiger partial charge in [-0.1, -0.05) is 11.3 Å².